The molecule has 0 nitrogen and oxygen atoms in total. The predicted octanol–water partition coefficient (Wildman–Crippen LogP) is 4.40. The zero-order chi connectivity index (χ0) is 10.2. The third kappa shape index (κ3) is 2.19. The first-order chi connectivity index (χ1) is 6.58. The Morgan fingerprint density at radius 3 is 2.36 bits per heavy atom. The van der Waals surface area contributed by atoms with Gasteiger partial charge in [-0.2, -0.15) is 0 Å². The first-order valence-electron chi connectivity index (χ1n) is 5.02. The van der Waals surface area contributed by atoms with Crippen LogP contribution in [0.2, 0.25) is 5.02 Å². The van der Waals surface area contributed by atoms with E-state index in [1.165, 1.54) is 12.0 Å². The summed E-state index contributed by atoms with van der Waals surface area (Å²) in [5, 5.41) is 0.800. The summed E-state index contributed by atoms with van der Waals surface area (Å²) >= 11 is 5.81. The van der Waals surface area contributed by atoms with E-state index in [9.17, 15) is 0 Å². The molecule has 2 rings (SSSR count). The smallest absolute Gasteiger partial charge is 0.0406 e. The van der Waals surface area contributed by atoms with Gasteiger partial charge in [-0.15, -0.1) is 0 Å². The summed E-state index contributed by atoms with van der Waals surface area (Å²) in [5.74, 6) is 0.762. The number of hydrogen-bond acceptors (Lipinski definition) is 0. The monoisotopic (exact) mass is 206 g/mol. The van der Waals surface area contributed by atoms with Gasteiger partial charge in [0.25, 0.3) is 0 Å². The Kier molecular flexibility index (Phi) is 2.40. The molecule has 14 heavy (non-hydrogen) atoms. The molecular weight excluding hydrogens is 192 g/mol. The Bertz CT molecular complexity index is 346. The molecule has 0 radical (unpaired) electrons. The van der Waals surface area contributed by atoms with E-state index >= 15 is 0 Å². The molecule has 1 aromatic carbocycles. The normalized spacial score (nSPS) is 24.1. The van der Waals surface area contributed by atoms with Crippen LogP contribution in [-0.2, 0) is 0 Å². The van der Waals surface area contributed by atoms with E-state index < -0.39 is 0 Å². The third-order valence-electron chi connectivity index (χ3n) is 2.98. The zero-order valence-corrected chi connectivity index (χ0v) is 9.38. The Balaban J connectivity index is 2.01. The highest BCUT2D eigenvalue weighted by molar-refractivity contribution is 6.30. The van der Waals surface area contributed by atoms with Crippen molar-refractivity contribution in [2.45, 2.75) is 20.3 Å². The Morgan fingerprint density at radius 1 is 1.29 bits per heavy atom. The van der Waals surface area contributed by atoms with Crippen molar-refractivity contribution in [3.63, 3.8) is 0 Å². The maximum Gasteiger partial charge on any atom is 0.0406 e. The van der Waals surface area contributed by atoms with Gasteiger partial charge in [-0.1, -0.05) is 49.7 Å². The molecule has 0 aromatic heterocycles. The molecule has 1 unspecified atom stereocenters. The summed E-state index contributed by atoms with van der Waals surface area (Å²) < 4.78 is 0. The molecule has 1 atom stereocenters. The van der Waals surface area contributed by atoms with Gasteiger partial charge in [0, 0.05) is 5.02 Å². The van der Waals surface area contributed by atoms with Gasteiger partial charge in [0.05, 0.1) is 0 Å². The van der Waals surface area contributed by atoms with Crippen molar-refractivity contribution >= 4 is 17.7 Å². The van der Waals surface area contributed by atoms with Gasteiger partial charge in [-0.3, -0.25) is 0 Å². The first kappa shape index (κ1) is 9.79. The van der Waals surface area contributed by atoms with E-state index in [0.717, 1.165) is 10.9 Å². The van der Waals surface area contributed by atoms with Crippen molar-refractivity contribution in [1.82, 2.24) is 0 Å². The fourth-order valence-corrected chi connectivity index (χ4v) is 1.76. The van der Waals surface area contributed by atoms with Gasteiger partial charge < -0.3 is 0 Å². The van der Waals surface area contributed by atoms with Crippen molar-refractivity contribution in [2.24, 2.45) is 11.3 Å². The molecule has 0 aliphatic heterocycles. The second-order valence-electron chi connectivity index (χ2n) is 4.71. The lowest BCUT2D eigenvalue weighted by atomic mass is 10.1. The van der Waals surface area contributed by atoms with Gasteiger partial charge in [0.15, 0.2) is 0 Å². The van der Waals surface area contributed by atoms with Crippen molar-refractivity contribution < 1.29 is 0 Å². The SMILES string of the molecule is CC1(C)CC1/C=C/c1ccc(Cl)cc1. The zero-order valence-electron chi connectivity index (χ0n) is 8.63. The second-order valence-corrected chi connectivity index (χ2v) is 5.15. The van der Waals surface area contributed by atoms with Crippen LogP contribution >= 0.6 is 11.6 Å². The first-order valence-corrected chi connectivity index (χ1v) is 5.39. The summed E-state index contributed by atoms with van der Waals surface area (Å²) in [7, 11) is 0. The highest BCUT2D eigenvalue weighted by atomic mass is 35.5. The van der Waals surface area contributed by atoms with Crippen molar-refractivity contribution in [1.29, 1.82) is 0 Å². The van der Waals surface area contributed by atoms with Crippen molar-refractivity contribution in [2.75, 3.05) is 0 Å². The van der Waals surface area contributed by atoms with E-state index in [1.54, 1.807) is 0 Å². The minimum absolute atomic E-state index is 0.531. The average molecular weight is 207 g/mol. The van der Waals surface area contributed by atoms with Gasteiger partial charge >= 0.3 is 0 Å². The molecule has 74 valence electrons. The maximum atomic E-state index is 5.81. The Morgan fingerprint density at radius 2 is 1.86 bits per heavy atom. The summed E-state index contributed by atoms with van der Waals surface area (Å²) in [4.78, 5) is 0. The molecule has 0 heterocycles. The van der Waals surface area contributed by atoms with Crippen LogP contribution in [0, 0.1) is 11.3 Å². The molecule has 1 saturated carbocycles. The van der Waals surface area contributed by atoms with Gasteiger partial charge in [0.1, 0.15) is 0 Å². The molecule has 0 N–H and O–H groups in total. The molecule has 1 aliphatic carbocycles. The lowest BCUT2D eigenvalue weighted by Crippen LogP contribution is -1.85. The minimum Gasteiger partial charge on any atom is -0.0843 e. The lowest BCUT2D eigenvalue weighted by Gasteiger charge is -1.97. The van der Waals surface area contributed by atoms with E-state index in [-0.39, 0.29) is 0 Å². The number of allylic oxidation sites excluding steroid dienone is 1. The Labute approximate surface area is 90.6 Å². The topological polar surface area (TPSA) is 0 Å². The summed E-state index contributed by atoms with van der Waals surface area (Å²) in [5.41, 5.74) is 1.76. The van der Waals surface area contributed by atoms with Crippen LogP contribution in [0.15, 0.2) is 30.3 Å². The van der Waals surface area contributed by atoms with Crippen molar-refractivity contribution in [3.8, 4) is 0 Å². The van der Waals surface area contributed by atoms with Crippen LogP contribution in [0.3, 0.4) is 0 Å². The number of halogens is 1. The van der Waals surface area contributed by atoms with Crippen LogP contribution in [0.25, 0.3) is 6.08 Å². The summed E-state index contributed by atoms with van der Waals surface area (Å²) in [6.45, 7) is 4.62. The van der Waals surface area contributed by atoms with E-state index in [2.05, 4.69) is 26.0 Å². The fraction of sp³-hybridized carbons (Fsp3) is 0.385. The minimum atomic E-state index is 0.531. The highest BCUT2D eigenvalue weighted by Crippen LogP contribution is 2.52. The van der Waals surface area contributed by atoms with E-state index in [1.807, 2.05) is 24.3 Å². The molecule has 1 aliphatic rings. The van der Waals surface area contributed by atoms with Crippen molar-refractivity contribution in [3.05, 3.63) is 40.9 Å². The van der Waals surface area contributed by atoms with Crippen LogP contribution < -0.4 is 0 Å². The predicted molar refractivity (Wildman–Crippen MR) is 62.4 cm³/mol. The molecule has 1 aromatic rings. The highest BCUT2D eigenvalue weighted by Gasteiger charge is 2.43. The Hall–Kier alpha value is -0.750. The summed E-state index contributed by atoms with van der Waals surface area (Å²) in [6.07, 6.45) is 5.82. The van der Waals surface area contributed by atoms with Crippen LogP contribution in [0.4, 0.5) is 0 Å². The molecule has 0 amide bonds. The second kappa shape index (κ2) is 3.43. The molecule has 0 bridgehead atoms. The standard InChI is InChI=1S/C13H15Cl/c1-13(2)9-11(13)6-3-10-4-7-12(14)8-5-10/h3-8,11H,9H2,1-2H3/b6-3+. The third-order valence-corrected chi connectivity index (χ3v) is 3.23. The molecule has 1 heteroatoms. The van der Waals surface area contributed by atoms with Crippen LogP contribution in [-0.4, -0.2) is 0 Å². The molecule has 1 fully saturated rings. The van der Waals surface area contributed by atoms with Gasteiger partial charge in [-0.25, -0.2) is 0 Å². The lowest BCUT2D eigenvalue weighted by molar-refractivity contribution is 0.611. The number of hydrogen-bond donors (Lipinski definition) is 0. The molecule has 0 saturated heterocycles. The fourth-order valence-electron chi connectivity index (χ4n) is 1.64. The molecular formula is C13H15Cl. The van der Waals surface area contributed by atoms with E-state index in [4.69, 9.17) is 11.6 Å². The van der Waals surface area contributed by atoms with Crippen LogP contribution in [0.1, 0.15) is 25.8 Å². The number of benzene rings is 1. The summed E-state index contributed by atoms with van der Waals surface area (Å²) in [6, 6.07) is 7.96. The quantitative estimate of drug-likeness (QED) is 0.673. The van der Waals surface area contributed by atoms with Crippen LogP contribution in [0.5, 0.6) is 0 Å². The van der Waals surface area contributed by atoms with Gasteiger partial charge in [0.2, 0.25) is 0 Å². The van der Waals surface area contributed by atoms with E-state index in [0.29, 0.717) is 5.41 Å². The number of rotatable bonds is 2. The van der Waals surface area contributed by atoms with Gasteiger partial charge in [-0.05, 0) is 35.4 Å². The average Bonchev–Trinajstić information content (AvgIpc) is 2.73. The molecule has 0 spiro atoms. The largest absolute Gasteiger partial charge is 0.0843 e. The maximum absolute atomic E-state index is 5.81.